The molecule has 2 N–H and O–H groups in total. The van der Waals surface area contributed by atoms with E-state index in [0.717, 1.165) is 12.0 Å². The maximum atomic E-state index is 12.0. The maximum absolute atomic E-state index is 12.0. The van der Waals surface area contributed by atoms with Crippen molar-refractivity contribution in [2.45, 2.75) is 13.3 Å². The molecule has 6 heteroatoms. The van der Waals surface area contributed by atoms with E-state index in [0.29, 0.717) is 5.69 Å². The van der Waals surface area contributed by atoms with Gasteiger partial charge in [-0.15, -0.1) is 0 Å². The van der Waals surface area contributed by atoms with Gasteiger partial charge in [-0.05, 0) is 36.2 Å². The summed E-state index contributed by atoms with van der Waals surface area (Å²) in [5.74, 6) is -0.654. The molecule has 0 fully saturated rings. The first-order valence-electron chi connectivity index (χ1n) is 6.66. The van der Waals surface area contributed by atoms with Crippen molar-refractivity contribution in [3.05, 3.63) is 63.6 Å². The lowest BCUT2D eigenvalue weighted by atomic mass is 10.1. The summed E-state index contributed by atoms with van der Waals surface area (Å²) in [5, 5.41) is 5.14. The second-order valence-electron chi connectivity index (χ2n) is 4.56. The van der Waals surface area contributed by atoms with Gasteiger partial charge >= 0.3 is 6.03 Å². The van der Waals surface area contributed by atoms with E-state index in [1.807, 2.05) is 19.1 Å². The Morgan fingerprint density at radius 2 is 1.59 bits per heavy atom. The van der Waals surface area contributed by atoms with E-state index in [-0.39, 0.29) is 15.6 Å². The van der Waals surface area contributed by atoms with Crippen LogP contribution in [0.1, 0.15) is 22.8 Å². The second-order valence-corrected chi connectivity index (χ2v) is 5.37. The number of carbonyl (C=O) groups is 2. The molecule has 0 heterocycles. The van der Waals surface area contributed by atoms with Crippen molar-refractivity contribution >= 4 is 40.8 Å². The smallest absolute Gasteiger partial charge is 0.308 e. The third-order valence-electron chi connectivity index (χ3n) is 3.04. The van der Waals surface area contributed by atoms with Crippen LogP contribution in [-0.4, -0.2) is 11.9 Å². The molecule has 2 aromatic carbocycles. The highest BCUT2D eigenvalue weighted by Crippen LogP contribution is 2.23. The standard InChI is InChI=1S/C16H14Cl2N2O2/c1-2-10-6-8-11(9-7-10)19-16(22)20-15(21)14-12(17)4-3-5-13(14)18/h3-9H,2H2,1H3,(H2,19,20,21,22). The van der Waals surface area contributed by atoms with Crippen LogP contribution >= 0.6 is 23.2 Å². The molecule has 0 saturated carbocycles. The fourth-order valence-corrected chi connectivity index (χ4v) is 2.44. The van der Waals surface area contributed by atoms with E-state index in [2.05, 4.69) is 10.6 Å². The maximum Gasteiger partial charge on any atom is 0.326 e. The van der Waals surface area contributed by atoms with Crippen LogP contribution in [0.5, 0.6) is 0 Å². The van der Waals surface area contributed by atoms with Gasteiger partial charge in [0.05, 0.1) is 15.6 Å². The lowest BCUT2D eigenvalue weighted by Crippen LogP contribution is -2.34. The molecule has 0 aliphatic rings. The van der Waals surface area contributed by atoms with Gasteiger partial charge in [0, 0.05) is 5.69 Å². The summed E-state index contributed by atoms with van der Waals surface area (Å²) in [6.07, 6.45) is 0.913. The van der Waals surface area contributed by atoms with Crippen LogP contribution in [0.3, 0.4) is 0 Å². The number of amides is 3. The number of rotatable bonds is 3. The number of urea groups is 1. The van der Waals surface area contributed by atoms with Gasteiger partial charge in [0.25, 0.3) is 5.91 Å². The van der Waals surface area contributed by atoms with Gasteiger partial charge < -0.3 is 5.32 Å². The first-order chi connectivity index (χ1) is 10.5. The second kappa shape index (κ2) is 7.29. The van der Waals surface area contributed by atoms with Crippen LogP contribution in [0.2, 0.25) is 10.0 Å². The first-order valence-corrected chi connectivity index (χ1v) is 7.42. The van der Waals surface area contributed by atoms with E-state index in [4.69, 9.17) is 23.2 Å². The van der Waals surface area contributed by atoms with Gasteiger partial charge in [-0.25, -0.2) is 4.79 Å². The number of carbonyl (C=O) groups excluding carboxylic acids is 2. The number of aryl methyl sites for hydroxylation is 1. The molecule has 2 aromatic rings. The van der Waals surface area contributed by atoms with E-state index >= 15 is 0 Å². The molecule has 3 amide bonds. The summed E-state index contributed by atoms with van der Waals surface area (Å²) in [7, 11) is 0. The molecule has 0 spiro atoms. The first kappa shape index (κ1) is 16.3. The van der Waals surface area contributed by atoms with Crippen LogP contribution in [0.15, 0.2) is 42.5 Å². The van der Waals surface area contributed by atoms with Crippen molar-refractivity contribution in [2.75, 3.05) is 5.32 Å². The average Bonchev–Trinajstić information content (AvgIpc) is 2.47. The third kappa shape index (κ3) is 4.00. The van der Waals surface area contributed by atoms with Crippen molar-refractivity contribution in [3.8, 4) is 0 Å². The molecular weight excluding hydrogens is 323 g/mol. The van der Waals surface area contributed by atoms with Crippen molar-refractivity contribution in [1.82, 2.24) is 5.32 Å². The largest absolute Gasteiger partial charge is 0.326 e. The summed E-state index contributed by atoms with van der Waals surface area (Å²) in [6, 6.07) is 11.4. The van der Waals surface area contributed by atoms with E-state index in [1.54, 1.807) is 18.2 Å². The van der Waals surface area contributed by atoms with E-state index in [9.17, 15) is 9.59 Å². The average molecular weight is 337 g/mol. The summed E-state index contributed by atoms with van der Waals surface area (Å²) >= 11 is 11.8. The lowest BCUT2D eigenvalue weighted by Gasteiger charge is -2.09. The number of halogens is 2. The summed E-state index contributed by atoms with van der Waals surface area (Å²) in [4.78, 5) is 23.9. The molecule has 0 saturated heterocycles. The normalized spacial score (nSPS) is 10.1. The fraction of sp³-hybridized carbons (Fsp3) is 0.125. The molecule has 0 atom stereocenters. The van der Waals surface area contributed by atoms with Crippen molar-refractivity contribution in [2.24, 2.45) is 0 Å². The fourth-order valence-electron chi connectivity index (χ4n) is 1.87. The zero-order valence-corrected chi connectivity index (χ0v) is 13.3. The Morgan fingerprint density at radius 1 is 1.00 bits per heavy atom. The Morgan fingerprint density at radius 3 is 2.14 bits per heavy atom. The molecular formula is C16H14Cl2N2O2. The topological polar surface area (TPSA) is 58.2 Å². The molecule has 4 nitrogen and oxygen atoms in total. The van der Waals surface area contributed by atoms with Crippen LogP contribution < -0.4 is 10.6 Å². The summed E-state index contributed by atoms with van der Waals surface area (Å²) in [6.45, 7) is 2.04. The zero-order valence-electron chi connectivity index (χ0n) is 11.8. The molecule has 0 radical (unpaired) electrons. The number of imide groups is 1. The number of anilines is 1. The number of hydrogen-bond acceptors (Lipinski definition) is 2. The quantitative estimate of drug-likeness (QED) is 0.865. The Hall–Kier alpha value is -2.04. The Kier molecular flexibility index (Phi) is 5.41. The van der Waals surface area contributed by atoms with Crippen molar-refractivity contribution < 1.29 is 9.59 Å². The molecule has 0 bridgehead atoms. The molecule has 0 unspecified atom stereocenters. The number of nitrogens with one attached hydrogen (secondary N) is 2. The molecule has 0 aromatic heterocycles. The van der Waals surface area contributed by atoms with Crippen LogP contribution in [-0.2, 0) is 6.42 Å². The highest BCUT2D eigenvalue weighted by atomic mass is 35.5. The molecule has 0 aliphatic carbocycles. The third-order valence-corrected chi connectivity index (χ3v) is 3.67. The number of benzene rings is 2. The highest BCUT2D eigenvalue weighted by Gasteiger charge is 2.16. The van der Waals surface area contributed by atoms with Crippen LogP contribution in [0.25, 0.3) is 0 Å². The molecule has 22 heavy (non-hydrogen) atoms. The van der Waals surface area contributed by atoms with Crippen LogP contribution in [0, 0.1) is 0 Å². The zero-order chi connectivity index (χ0) is 16.1. The highest BCUT2D eigenvalue weighted by molar-refractivity contribution is 6.40. The van der Waals surface area contributed by atoms with Gasteiger partial charge in [0.2, 0.25) is 0 Å². The monoisotopic (exact) mass is 336 g/mol. The van der Waals surface area contributed by atoms with Crippen LogP contribution in [0.4, 0.5) is 10.5 Å². The van der Waals surface area contributed by atoms with E-state index in [1.165, 1.54) is 12.1 Å². The minimum absolute atomic E-state index is 0.0716. The van der Waals surface area contributed by atoms with Gasteiger partial charge in [-0.2, -0.15) is 0 Å². The van der Waals surface area contributed by atoms with Gasteiger partial charge in [0.15, 0.2) is 0 Å². The summed E-state index contributed by atoms with van der Waals surface area (Å²) in [5.41, 5.74) is 1.82. The predicted octanol–water partition coefficient (Wildman–Crippen LogP) is 4.52. The molecule has 0 aliphatic heterocycles. The summed E-state index contributed by atoms with van der Waals surface area (Å²) < 4.78 is 0. The van der Waals surface area contributed by atoms with Crippen molar-refractivity contribution in [1.29, 1.82) is 0 Å². The SMILES string of the molecule is CCc1ccc(NC(=O)NC(=O)c2c(Cl)cccc2Cl)cc1. The molecule has 114 valence electrons. The minimum Gasteiger partial charge on any atom is -0.308 e. The Balaban J connectivity index is 2.03. The Labute approximate surface area is 138 Å². The van der Waals surface area contributed by atoms with Gasteiger partial charge in [0.1, 0.15) is 0 Å². The molecule has 2 rings (SSSR count). The number of hydrogen-bond donors (Lipinski definition) is 2. The lowest BCUT2D eigenvalue weighted by molar-refractivity contribution is 0.0967. The predicted molar refractivity (Wildman–Crippen MR) is 88.8 cm³/mol. The van der Waals surface area contributed by atoms with Crippen molar-refractivity contribution in [3.63, 3.8) is 0 Å². The van der Waals surface area contributed by atoms with E-state index < -0.39 is 11.9 Å². The minimum atomic E-state index is -0.654. The van der Waals surface area contributed by atoms with Gasteiger partial charge in [-0.3, -0.25) is 10.1 Å². The van der Waals surface area contributed by atoms with Gasteiger partial charge in [-0.1, -0.05) is 48.3 Å². The Bertz CT molecular complexity index is 680.